The van der Waals surface area contributed by atoms with Crippen LogP contribution in [-0.4, -0.2) is 0 Å². The molecule has 0 aromatic carbocycles. The second-order valence-electron chi connectivity index (χ2n) is 3.34. The fourth-order valence-corrected chi connectivity index (χ4v) is 2.71. The molecule has 0 radical (unpaired) electrons. The standard InChI is InChI=1S/C9H13NS.ClH/c10-9(5-1-2-6-9)8-4-3-7-11-8;/h3-4,7H,1-2,5-6,10H2;1H. The van der Waals surface area contributed by atoms with E-state index in [1.165, 1.54) is 30.6 Å². The van der Waals surface area contributed by atoms with Crippen LogP contribution in [0.2, 0.25) is 0 Å². The Balaban J connectivity index is 0.000000720. The Hall–Kier alpha value is -0.0500. The summed E-state index contributed by atoms with van der Waals surface area (Å²) in [4.78, 5) is 1.37. The van der Waals surface area contributed by atoms with Crippen LogP contribution in [0.15, 0.2) is 17.5 Å². The maximum absolute atomic E-state index is 6.24. The summed E-state index contributed by atoms with van der Waals surface area (Å²) in [5.74, 6) is 0. The van der Waals surface area contributed by atoms with Crippen LogP contribution in [0, 0.1) is 0 Å². The van der Waals surface area contributed by atoms with Crippen molar-refractivity contribution in [3.63, 3.8) is 0 Å². The number of halogens is 1. The fraction of sp³-hybridized carbons (Fsp3) is 0.556. The molecule has 0 bridgehead atoms. The van der Waals surface area contributed by atoms with Gasteiger partial charge < -0.3 is 5.73 Å². The van der Waals surface area contributed by atoms with Crippen molar-refractivity contribution in [2.24, 2.45) is 5.73 Å². The van der Waals surface area contributed by atoms with Crippen molar-refractivity contribution in [1.82, 2.24) is 0 Å². The van der Waals surface area contributed by atoms with Gasteiger partial charge >= 0.3 is 0 Å². The summed E-state index contributed by atoms with van der Waals surface area (Å²) in [5, 5.41) is 2.11. The van der Waals surface area contributed by atoms with Crippen molar-refractivity contribution < 1.29 is 0 Å². The van der Waals surface area contributed by atoms with Gasteiger partial charge in [0.2, 0.25) is 0 Å². The van der Waals surface area contributed by atoms with E-state index in [2.05, 4.69) is 17.5 Å². The smallest absolute Gasteiger partial charge is 0.0503 e. The molecule has 0 atom stereocenters. The van der Waals surface area contributed by atoms with E-state index in [4.69, 9.17) is 5.73 Å². The molecule has 68 valence electrons. The molecule has 2 N–H and O–H groups in total. The van der Waals surface area contributed by atoms with Gasteiger partial charge in [-0.15, -0.1) is 23.7 Å². The minimum Gasteiger partial charge on any atom is -0.321 e. The van der Waals surface area contributed by atoms with Gasteiger partial charge in [0.15, 0.2) is 0 Å². The predicted molar refractivity (Wildman–Crippen MR) is 55.9 cm³/mol. The molecule has 1 saturated carbocycles. The van der Waals surface area contributed by atoms with Gasteiger partial charge in [-0.1, -0.05) is 18.9 Å². The van der Waals surface area contributed by atoms with Crippen LogP contribution < -0.4 is 5.73 Å². The van der Waals surface area contributed by atoms with E-state index in [1.807, 2.05) is 0 Å². The molecular weight excluding hydrogens is 190 g/mol. The molecule has 1 aliphatic rings. The Bertz CT molecular complexity index is 227. The van der Waals surface area contributed by atoms with Gasteiger partial charge in [0.1, 0.15) is 0 Å². The molecule has 2 rings (SSSR count). The van der Waals surface area contributed by atoms with Gasteiger partial charge in [-0.25, -0.2) is 0 Å². The molecule has 0 amide bonds. The van der Waals surface area contributed by atoms with Crippen molar-refractivity contribution in [1.29, 1.82) is 0 Å². The number of hydrogen-bond donors (Lipinski definition) is 1. The van der Waals surface area contributed by atoms with Crippen LogP contribution in [0.5, 0.6) is 0 Å². The fourth-order valence-electron chi connectivity index (χ4n) is 1.81. The molecule has 1 aromatic rings. The largest absolute Gasteiger partial charge is 0.321 e. The Kier molecular flexibility index (Phi) is 3.16. The van der Waals surface area contributed by atoms with E-state index in [1.54, 1.807) is 11.3 Å². The van der Waals surface area contributed by atoms with Crippen molar-refractivity contribution in [2.45, 2.75) is 31.2 Å². The molecule has 0 unspecified atom stereocenters. The van der Waals surface area contributed by atoms with Crippen LogP contribution in [-0.2, 0) is 5.54 Å². The van der Waals surface area contributed by atoms with E-state index in [-0.39, 0.29) is 17.9 Å². The molecular formula is C9H14ClNS. The minimum absolute atomic E-state index is 0. The lowest BCUT2D eigenvalue weighted by Crippen LogP contribution is -2.31. The van der Waals surface area contributed by atoms with Crippen LogP contribution in [0.3, 0.4) is 0 Å². The Morgan fingerprint density at radius 3 is 2.50 bits per heavy atom. The molecule has 1 heterocycles. The van der Waals surface area contributed by atoms with Gasteiger partial charge in [0.05, 0.1) is 5.54 Å². The van der Waals surface area contributed by atoms with E-state index in [0.29, 0.717) is 0 Å². The summed E-state index contributed by atoms with van der Waals surface area (Å²) < 4.78 is 0. The summed E-state index contributed by atoms with van der Waals surface area (Å²) in [6.45, 7) is 0. The zero-order chi connectivity index (χ0) is 7.73. The quantitative estimate of drug-likeness (QED) is 0.747. The normalized spacial score (nSPS) is 20.4. The van der Waals surface area contributed by atoms with Crippen molar-refractivity contribution in [3.05, 3.63) is 22.4 Å². The molecule has 3 heteroatoms. The summed E-state index contributed by atoms with van der Waals surface area (Å²) in [6.07, 6.45) is 4.95. The Labute approximate surface area is 83.4 Å². The average Bonchev–Trinajstić information content (AvgIpc) is 2.55. The Morgan fingerprint density at radius 1 is 1.33 bits per heavy atom. The lowest BCUT2D eigenvalue weighted by Gasteiger charge is -2.21. The minimum atomic E-state index is 0. The lowest BCUT2D eigenvalue weighted by molar-refractivity contribution is 0.472. The second kappa shape index (κ2) is 3.77. The first-order valence-corrected chi connectivity index (χ1v) is 5.02. The highest BCUT2D eigenvalue weighted by molar-refractivity contribution is 7.10. The van der Waals surface area contributed by atoms with Crippen molar-refractivity contribution >= 4 is 23.7 Å². The first-order valence-electron chi connectivity index (χ1n) is 4.14. The molecule has 1 nitrogen and oxygen atoms in total. The predicted octanol–water partition coefficient (Wildman–Crippen LogP) is 2.90. The summed E-state index contributed by atoms with van der Waals surface area (Å²) in [7, 11) is 0. The molecule has 0 aliphatic heterocycles. The topological polar surface area (TPSA) is 26.0 Å². The van der Waals surface area contributed by atoms with Crippen LogP contribution in [0.25, 0.3) is 0 Å². The maximum Gasteiger partial charge on any atom is 0.0503 e. The first-order chi connectivity index (χ1) is 5.31. The monoisotopic (exact) mass is 203 g/mol. The zero-order valence-corrected chi connectivity index (χ0v) is 8.59. The van der Waals surface area contributed by atoms with E-state index >= 15 is 0 Å². The number of nitrogens with two attached hydrogens (primary N) is 1. The van der Waals surface area contributed by atoms with Crippen LogP contribution in [0.4, 0.5) is 0 Å². The molecule has 0 saturated heterocycles. The van der Waals surface area contributed by atoms with Crippen molar-refractivity contribution in [2.75, 3.05) is 0 Å². The van der Waals surface area contributed by atoms with Gasteiger partial charge in [-0.05, 0) is 24.3 Å². The highest BCUT2D eigenvalue weighted by Crippen LogP contribution is 2.38. The third kappa shape index (κ3) is 1.65. The summed E-state index contributed by atoms with van der Waals surface area (Å²) in [6, 6.07) is 4.25. The van der Waals surface area contributed by atoms with Gasteiger partial charge in [0, 0.05) is 4.88 Å². The summed E-state index contributed by atoms with van der Waals surface area (Å²) in [5.41, 5.74) is 6.27. The maximum atomic E-state index is 6.24. The zero-order valence-electron chi connectivity index (χ0n) is 6.95. The molecule has 0 spiro atoms. The number of hydrogen-bond acceptors (Lipinski definition) is 2. The van der Waals surface area contributed by atoms with Crippen molar-refractivity contribution in [3.8, 4) is 0 Å². The van der Waals surface area contributed by atoms with Crippen LogP contribution >= 0.6 is 23.7 Å². The second-order valence-corrected chi connectivity index (χ2v) is 4.29. The van der Waals surface area contributed by atoms with E-state index < -0.39 is 0 Å². The van der Waals surface area contributed by atoms with Gasteiger partial charge in [-0.3, -0.25) is 0 Å². The first kappa shape index (κ1) is 10.0. The lowest BCUT2D eigenvalue weighted by atomic mass is 9.97. The van der Waals surface area contributed by atoms with E-state index in [0.717, 1.165) is 0 Å². The average molecular weight is 204 g/mol. The molecule has 1 aliphatic carbocycles. The highest BCUT2D eigenvalue weighted by Gasteiger charge is 2.31. The van der Waals surface area contributed by atoms with Gasteiger partial charge in [0.25, 0.3) is 0 Å². The third-order valence-corrected chi connectivity index (χ3v) is 3.60. The summed E-state index contributed by atoms with van der Waals surface area (Å²) >= 11 is 1.79. The van der Waals surface area contributed by atoms with Crippen LogP contribution in [0.1, 0.15) is 30.6 Å². The molecule has 12 heavy (non-hydrogen) atoms. The highest BCUT2D eigenvalue weighted by atomic mass is 35.5. The van der Waals surface area contributed by atoms with Gasteiger partial charge in [-0.2, -0.15) is 0 Å². The Morgan fingerprint density at radius 2 is 2.00 bits per heavy atom. The number of thiophene rings is 1. The third-order valence-electron chi connectivity index (χ3n) is 2.51. The SMILES string of the molecule is Cl.NC1(c2cccs2)CCCC1. The number of rotatable bonds is 1. The molecule has 1 aromatic heterocycles. The molecule has 1 fully saturated rings. The van der Waals surface area contributed by atoms with E-state index in [9.17, 15) is 0 Å².